The van der Waals surface area contributed by atoms with Gasteiger partial charge in [0, 0.05) is 0 Å². The molecule has 0 aliphatic rings. The standard InChI is InChI=1S/C8H6ClFN2O2S/c9-6-2-1-3-7(10)8(6)12-15(13,14)5-4-11/h1-3,12H,5H2. The fourth-order valence-corrected chi connectivity index (χ4v) is 1.90. The molecule has 0 amide bonds. The molecule has 1 aromatic carbocycles. The maximum Gasteiger partial charge on any atom is 0.246 e. The van der Waals surface area contributed by atoms with Crippen LogP contribution in [0.4, 0.5) is 10.1 Å². The molecule has 0 saturated heterocycles. The predicted molar refractivity (Wildman–Crippen MR) is 54.4 cm³/mol. The largest absolute Gasteiger partial charge is 0.278 e. The van der Waals surface area contributed by atoms with Crippen molar-refractivity contribution >= 4 is 27.3 Å². The summed E-state index contributed by atoms with van der Waals surface area (Å²) in [6, 6.07) is 5.21. The van der Waals surface area contributed by atoms with Gasteiger partial charge in [0.05, 0.1) is 11.1 Å². The topological polar surface area (TPSA) is 70.0 Å². The third-order valence-corrected chi connectivity index (χ3v) is 2.81. The Kier molecular flexibility index (Phi) is 3.50. The molecular formula is C8H6ClFN2O2S. The van der Waals surface area contributed by atoms with Gasteiger partial charge in [-0.2, -0.15) is 5.26 Å². The first-order valence-electron chi connectivity index (χ1n) is 3.78. The molecule has 1 N–H and O–H groups in total. The minimum Gasteiger partial charge on any atom is -0.278 e. The van der Waals surface area contributed by atoms with Crippen molar-refractivity contribution in [1.82, 2.24) is 0 Å². The molecule has 15 heavy (non-hydrogen) atoms. The Morgan fingerprint density at radius 3 is 2.73 bits per heavy atom. The van der Waals surface area contributed by atoms with Crippen molar-refractivity contribution in [3.63, 3.8) is 0 Å². The van der Waals surface area contributed by atoms with Gasteiger partial charge in [-0.1, -0.05) is 17.7 Å². The second-order valence-electron chi connectivity index (χ2n) is 2.62. The van der Waals surface area contributed by atoms with Crippen LogP contribution in [0.3, 0.4) is 0 Å². The molecule has 0 fully saturated rings. The minimum atomic E-state index is -3.87. The Balaban J connectivity index is 3.06. The van der Waals surface area contributed by atoms with Crippen LogP contribution < -0.4 is 4.72 Å². The number of benzene rings is 1. The number of hydrogen-bond donors (Lipinski definition) is 1. The molecule has 1 aromatic rings. The fraction of sp³-hybridized carbons (Fsp3) is 0.125. The van der Waals surface area contributed by atoms with Crippen LogP contribution in [-0.2, 0) is 10.0 Å². The van der Waals surface area contributed by atoms with E-state index in [0.717, 1.165) is 6.07 Å². The van der Waals surface area contributed by atoms with Crippen LogP contribution in [0.5, 0.6) is 0 Å². The molecule has 0 radical (unpaired) electrons. The maximum atomic E-state index is 13.1. The lowest BCUT2D eigenvalue weighted by Crippen LogP contribution is -2.16. The second-order valence-corrected chi connectivity index (χ2v) is 4.75. The van der Waals surface area contributed by atoms with Crippen LogP contribution in [0.15, 0.2) is 18.2 Å². The number of para-hydroxylation sites is 1. The number of nitrogens with zero attached hydrogens (tertiary/aromatic N) is 1. The van der Waals surface area contributed by atoms with Crippen LogP contribution in [-0.4, -0.2) is 14.2 Å². The van der Waals surface area contributed by atoms with Gasteiger partial charge in [0.1, 0.15) is 11.5 Å². The van der Waals surface area contributed by atoms with Gasteiger partial charge < -0.3 is 0 Å². The molecule has 0 saturated carbocycles. The van der Waals surface area contributed by atoms with Crippen molar-refractivity contribution < 1.29 is 12.8 Å². The Morgan fingerprint density at radius 2 is 2.20 bits per heavy atom. The van der Waals surface area contributed by atoms with E-state index in [2.05, 4.69) is 0 Å². The van der Waals surface area contributed by atoms with Crippen LogP contribution in [0.2, 0.25) is 5.02 Å². The molecule has 80 valence electrons. The monoisotopic (exact) mass is 248 g/mol. The zero-order chi connectivity index (χ0) is 11.5. The quantitative estimate of drug-likeness (QED) is 0.886. The lowest BCUT2D eigenvalue weighted by atomic mass is 10.3. The van der Waals surface area contributed by atoms with Crippen molar-refractivity contribution in [2.24, 2.45) is 0 Å². The number of halogens is 2. The van der Waals surface area contributed by atoms with Gasteiger partial charge in [-0.3, -0.25) is 4.72 Å². The summed E-state index contributed by atoms with van der Waals surface area (Å²) in [4.78, 5) is 0. The molecule has 1 rings (SSSR count). The van der Waals surface area contributed by atoms with Crippen molar-refractivity contribution in [3.8, 4) is 6.07 Å². The number of nitriles is 1. The Morgan fingerprint density at radius 1 is 1.53 bits per heavy atom. The highest BCUT2D eigenvalue weighted by Crippen LogP contribution is 2.25. The first kappa shape index (κ1) is 11.8. The highest BCUT2D eigenvalue weighted by molar-refractivity contribution is 7.92. The molecule has 0 bridgehead atoms. The third kappa shape index (κ3) is 3.08. The zero-order valence-corrected chi connectivity index (χ0v) is 8.94. The molecule has 7 heteroatoms. The van der Waals surface area contributed by atoms with Crippen LogP contribution in [0, 0.1) is 17.1 Å². The SMILES string of the molecule is N#CCS(=O)(=O)Nc1c(F)cccc1Cl. The van der Waals surface area contributed by atoms with E-state index in [9.17, 15) is 12.8 Å². The van der Waals surface area contributed by atoms with Gasteiger partial charge in [0.25, 0.3) is 0 Å². The number of hydrogen-bond acceptors (Lipinski definition) is 3. The van der Waals surface area contributed by atoms with Gasteiger partial charge >= 0.3 is 0 Å². The summed E-state index contributed by atoms with van der Waals surface area (Å²) in [6.45, 7) is 0. The number of rotatable bonds is 3. The van der Waals surface area contributed by atoms with E-state index in [0.29, 0.717) is 0 Å². The number of anilines is 1. The summed E-state index contributed by atoms with van der Waals surface area (Å²) in [5.74, 6) is -1.54. The Bertz CT molecular complexity index is 490. The predicted octanol–water partition coefficient (Wildman–Crippen LogP) is 1.74. The maximum absolute atomic E-state index is 13.1. The summed E-state index contributed by atoms with van der Waals surface area (Å²) >= 11 is 5.59. The average Bonchev–Trinajstić information content (AvgIpc) is 2.11. The highest BCUT2D eigenvalue weighted by Gasteiger charge is 2.14. The summed E-state index contributed by atoms with van der Waals surface area (Å²) < 4.78 is 37.3. The van der Waals surface area contributed by atoms with Gasteiger partial charge in [-0.15, -0.1) is 0 Å². The lowest BCUT2D eigenvalue weighted by molar-refractivity contribution is 0.601. The molecule has 0 atom stereocenters. The zero-order valence-electron chi connectivity index (χ0n) is 7.37. The minimum absolute atomic E-state index is 0.0588. The smallest absolute Gasteiger partial charge is 0.246 e. The van der Waals surface area contributed by atoms with E-state index < -0.39 is 21.6 Å². The van der Waals surface area contributed by atoms with Crippen molar-refractivity contribution in [2.45, 2.75) is 0 Å². The summed E-state index contributed by atoms with van der Waals surface area (Å²) in [5, 5.41) is 8.16. The molecule has 4 nitrogen and oxygen atoms in total. The fourth-order valence-electron chi connectivity index (χ4n) is 0.872. The second kappa shape index (κ2) is 4.47. The van der Waals surface area contributed by atoms with Crippen molar-refractivity contribution in [1.29, 1.82) is 5.26 Å². The normalized spacial score (nSPS) is 10.7. The first-order chi connectivity index (χ1) is 6.96. The molecule has 0 unspecified atom stereocenters. The average molecular weight is 249 g/mol. The van der Waals surface area contributed by atoms with Gasteiger partial charge in [0.15, 0.2) is 5.75 Å². The van der Waals surface area contributed by atoms with Crippen LogP contribution in [0.1, 0.15) is 0 Å². The Hall–Kier alpha value is -1.32. The summed E-state index contributed by atoms with van der Waals surface area (Å²) in [6.07, 6.45) is 0. The van der Waals surface area contributed by atoms with E-state index in [1.54, 1.807) is 0 Å². The lowest BCUT2D eigenvalue weighted by Gasteiger charge is -2.07. The van der Waals surface area contributed by atoms with E-state index in [1.807, 2.05) is 4.72 Å². The van der Waals surface area contributed by atoms with Gasteiger partial charge in [-0.05, 0) is 12.1 Å². The van der Waals surface area contributed by atoms with E-state index in [-0.39, 0.29) is 10.7 Å². The van der Waals surface area contributed by atoms with Crippen molar-refractivity contribution in [2.75, 3.05) is 10.5 Å². The van der Waals surface area contributed by atoms with E-state index in [4.69, 9.17) is 16.9 Å². The van der Waals surface area contributed by atoms with E-state index >= 15 is 0 Å². The first-order valence-corrected chi connectivity index (χ1v) is 5.81. The third-order valence-electron chi connectivity index (χ3n) is 1.47. The van der Waals surface area contributed by atoms with Gasteiger partial charge in [0.2, 0.25) is 10.0 Å². The van der Waals surface area contributed by atoms with Gasteiger partial charge in [-0.25, -0.2) is 12.8 Å². The van der Waals surface area contributed by atoms with Crippen LogP contribution in [0.25, 0.3) is 0 Å². The molecule has 0 heterocycles. The molecule has 0 aromatic heterocycles. The molecule has 0 aliphatic carbocycles. The molecule has 0 spiro atoms. The highest BCUT2D eigenvalue weighted by atomic mass is 35.5. The van der Waals surface area contributed by atoms with Crippen molar-refractivity contribution in [3.05, 3.63) is 29.0 Å². The number of sulfonamides is 1. The van der Waals surface area contributed by atoms with E-state index in [1.165, 1.54) is 18.2 Å². The molecular weight excluding hydrogens is 243 g/mol. The summed E-state index contributed by atoms with van der Waals surface area (Å²) in [7, 11) is -3.87. The van der Waals surface area contributed by atoms with Crippen LogP contribution >= 0.6 is 11.6 Å². The number of nitrogens with one attached hydrogen (secondary N) is 1. The molecule has 0 aliphatic heterocycles. The summed E-state index contributed by atoms with van der Waals surface area (Å²) in [5.41, 5.74) is -0.339. The Labute approximate surface area is 91.3 Å².